The minimum atomic E-state index is -0.522. The van der Waals surface area contributed by atoms with Gasteiger partial charge in [-0.05, 0) is 61.9 Å². The molecule has 7 nitrogen and oxygen atoms in total. The number of hydroxylamine groups is 2. The Kier molecular flexibility index (Phi) is 6.92. The summed E-state index contributed by atoms with van der Waals surface area (Å²) in [5.41, 5.74) is 1.52. The van der Waals surface area contributed by atoms with Crippen LogP contribution in [0.25, 0.3) is 0 Å². The monoisotopic (exact) mass is 406 g/mol. The Balaban J connectivity index is 1.23. The number of rotatable bonds is 8. The van der Waals surface area contributed by atoms with Crippen LogP contribution in [0.2, 0.25) is 0 Å². The Labute approximate surface area is 173 Å². The minimum Gasteiger partial charge on any atom is -0.493 e. The molecule has 3 aliphatic rings. The van der Waals surface area contributed by atoms with Gasteiger partial charge in [0.15, 0.2) is 11.5 Å². The summed E-state index contributed by atoms with van der Waals surface area (Å²) in [6.45, 7) is 7.25. The predicted octanol–water partition coefficient (Wildman–Crippen LogP) is 2.07. The number of ether oxygens (including phenoxy) is 3. The van der Waals surface area contributed by atoms with E-state index in [9.17, 15) is 5.11 Å². The maximum absolute atomic E-state index is 10.5. The summed E-state index contributed by atoms with van der Waals surface area (Å²) in [5.74, 6) is 1.35. The van der Waals surface area contributed by atoms with Crippen LogP contribution in [0.15, 0.2) is 18.2 Å². The van der Waals surface area contributed by atoms with Crippen LogP contribution < -0.4 is 9.47 Å². The predicted molar refractivity (Wildman–Crippen MR) is 109 cm³/mol. The van der Waals surface area contributed by atoms with E-state index in [1.807, 2.05) is 23.3 Å². The van der Waals surface area contributed by atoms with Crippen LogP contribution in [0.4, 0.5) is 0 Å². The number of hydrogen-bond acceptors (Lipinski definition) is 7. The van der Waals surface area contributed by atoms with Crippen molar-refractivity contribution in [2.24, 2.45) is 5.41 Å². The zero-order chi connectivity index (χ0) is 20.1. The van der Waals surface area contributed by atoms with Crippen molar-refractivity contribution in [3.8, 4) is 11.5 Å². The molecule has 0 amide bonds. The van der Waals surface area contributed by atoms with E-state index in [0.717, 1.165) is 70.8 Å². The Morgan fingerprint density at radius 3 is 2.69 bits per heavy atom. The van der Waals surface area contributed by atoms with E-state index >= 15 is 0 Å². The molecular formula is C22H34N2O5. The average Bonchev–Trinajstić information content (AvgIpc) is 3.41. The number of likely N-dealkylation sites (tertiary alicyclic amines) is 1. The van der Waals surface area contributed by atoms with Gasteiger partial charge in [0.2, 0.25) is 0 Å². The van der Waals surface area contributed by atoms with Gasteiger partial charge < -0.3 is 24.2 Å². The lowest BCUT2D eigenvalue weighted by Gasteiger charge is -2.38. The second-order valence-electron chi connectivity index (χ2n) is 8.60. The number of benzene rings is 1. The molecule has 3 heterocycles. The van der Waals surface area contributed by atoms with Gasteiger partial charge in [-0.3, -0.25) is 4.84 Å². The molecule has 162 valence electrons. The van der Waals surface area contributed by atoms with Gasteiger partial charge in [-0.15, -0.1) is 0 Å². The van der Waals surface area contributed by atoms with Crippen LogP contribution in [0, 0.1) is 5.41 Å². The SMILES string of the molecule is COc1cc(CN2CCCO2)ccc1OCC(O)CN1CCC2(CCOC2)CC1. The molecule has 0 bridgehead atoms. The maximum Gasteiger partial charge on any atom is 0.161 e. The van der Waals surface area contributed by atoms with Crippen LogP contribution in [0.5, 0.6) is 11.5 Å². The molecule has 0 aromatic heterocycles. The first kappa shape index (κ1) is 20.9. The molecule has 3 fully saturated rings. The molecule has 1 aromatic carbocycles. The van der Waals surface area contributed by atoms with Gasteiger partial charge >= 0.3 is 0 Å². The molecule has 3 saturated heterocycles. The second kappa shape index (κ2) is 9.62. The summed E-state index contributed by atoms with van der Waals surface area (Å²) in [6.07, 6.45) is 4.06. The molecular weight excluding hydrogens is 372 g/mol. The molecule has 0 saturated carbocycles. The van der Waals surface area contributed by atoms with E-state index in [1.54, 1.807) is 7.11 Å². The molecule has 29 heavy (non-hydrogen) atoms. The third-order valence-corrected chi connectivity index (χ3v) is 6.41. The number of β-amino-alcohol motifs (C(OH)–C–C–N with tert-alkyl or cyclic N) is 1. The van der Waals surface area contributed by atoms with E-state index in [-0.39, 0.29) is 6.61 Å². The summed E-state index contributed by atoms with van der Waals surface area (Å²) >= 11 is 0. The fraction of sp³-hybridized carbons (Fsp3) is 0.727. The second-order valence-corrected chi connectivity index (χ2v) is 8.60. The van der Waals surface area contributed by atoms with Crippen LogP contribution in [0.1, 0.15) is 31.2 Å². The van der Waals surface area contributed by atoms with E-state index in [4.69, 9.17) is 19.0 Å². The summed E-state index contributed by atoms with van der Waals surface area (Å²) < 4.78 is 17.0. The smallest absolute Gasteiger partial charge is 0.161 e. The number of methoxy groups -OCH3 is 1. The highest BCUT2D eigenvalue weighted by Crippen LogP contribution is 2.39. The number of hydrogen-bond donors (Lipinski definition) is 1. The van der Waals surface area contributed by atoms with Crippen molar-refractivity contribution >= 4 is 0 Å². The lowest BCUT2D eigenvalue weighted by atomic mass is 9.78. The topological polar surface area (TPSA) is 63.6 Å². The van der Waals surface area contributed by atoms with E-state index in [1.165, 1.54) is 6.42 Å². The first-order valence-electron chi connectivity index (χ1n) is 10.8. The maximum atomic E-state index is 10.5. The van der Waals surface area contributed by atoms with Crippen LogP contribution >= 0.6 is 0 Å². The summed E-state index contributed by atoms with van der Waals surface area (Å²) in [6, 6.07) is 5.93. The molecule has 1 aromatic rings. The van der Waals surface area contributed by atoms with Gasteiger partial charge in [0.1, 0.15) is 12.7 Å². The zero-order valence-electron chi connectivity index (χ0n) is 17.5. The van der Waals surface area contributed by atoms with Crippen molar-refractivity contribution in [2.75, 3.05) is 59.7 Å². The van der Waals surface area contributed by atoms with E-state index in [2.05, 4.69) is 4.90 Å². The Hall–Kier alpha value is -1.38. The number of aliphatic hydroxyl groups excluding tert-OH is 1. The van der Waals surface area contributed by atoms with Crippen LogP contribution in [0.3, 0.4) is 0 Å². The Morgan fingerprint density at radius 1 is 1.14 bits per heavy atom. The molecule has 0 aliphatic carbocycles. The van der Waals surface area contributed by atoms with Gasteiger partial charge in [0.25, 0.3) is 0 Å². The quantitative estimate of drug-likeness (QED) is 0.709. The highest BCUT2D eigenvalue weighted by Gasteiger charge is 2.38. The van der Waals surface area contributed by atoms with E-state index in [0.29, 0.717) is 23.5 Å². The minimum absolute atomic E-state index is 0.260. The van der Waals surface area contributed by atoms with Crippen molar-refractivity contribution in [2.45, 2.75) is 38.3 Å². The fourth-order valence-electron chi connectivity index (χ4n) is 4.55. The molecule has 4 rings (SSSR count). The average molecular weight is 407 g/mol. The molecule has 1 unspecified atom stereocenters. The first-order chi connectivity index (χ1) is 14.2. The summed E-state index contributed by atoms with van der Waals surface area (Å²) in [4.78, 5) is 7.90. The summed E-state index contributed by atoms with van der Waals surface area (Å²) in [7, 11) is 1.64. The van der Waals surface area contributed by atoms with Gasteiger partial charge in [-0.1, -0.05) is 6.07 Å². The number of nitrogens with zero attached hydrogens (tertiary/aromatic N) is 2. The fourth-order valence-corrected chi connectivity index (χ4v) is 4.55. The largest absolute Gasteiger partial charge is 0.493 e. The highest BCUT2D eigenvalue weighted by molar-refractivity contribution is 5.43. The van der Waals surface area contributed by atoms with E-state index < -0.39 is 6.10 Å². The van der Waals surface area contributed by atoms with Crippen molar-refractivity contribution in [1.29, 1.82) is 0 Å². The molecule has 1 spiro atoms. The van der Waals surface area contributed by atoms with Gasteiger partial charge in [-0.2, -0.15) is 5.06 Å². The lowest BCUT2D eigenvalue weighted by molar-refractivity contribution is -0.117. The zero-order valence-corrected chi connectivity index (χ0v) is 17.5. The normalized spacial score (nSPS) is 23.5. The Morgan fingerprint density at radius 2 is 2.00 bits per heavy atom. The van der Waals surface area contributed by atoms with Crippen molar-refractivity contribution in [3.05, 3.63) is 23.8 Å². The summed E-state index contributed by atoms with van der Waals surface area (Å²) in [5, 5.41) is 12.4. The standard InChI is InChI=1S/C22H34N2O5/c1-26-21-13-18(14-24-8-2-11-29-24)3-4-20(21)28-16-19(25)15-23-9-5-22(6-10-23)7-12-27-17-22/h3-4,13,19,25H,2,5-12,14-17H2,1H3. The van der Waals surface area contributed by atoms with Crippen molar-refractivity contribution < 1.29 is 24.2 Å². The molecule has 1 N–H and O–H groups in total. The van der Waals surface area contributed by atoms with Crippen molar-refractivity contribution in [3.63, 3.8) is 0 Å². The number of piperidine rings is 1. The van der Waals surface area contributed by atoms with Gasteiger partial charge in [0, 0.05) is 26.2 Å². The Bertz CT molecular complexity index is 649. The highest BCUT2D eigenvalue weighted by atomic mass is 16.7. The lowest BCUT2D eigenvalue weighted by Crippen LogP contribution is -2.44. The molecule has 3 aliphatic heterocycles. The first-order valence-corrected chi connectivity index (χ1v) is 10.8. The molecule has 7 heteroatoms. The van der Waals surface area contributed by atoms with Gasteiger partial charge in [-0.25, -0.2) is 0 Å². The van der Waals surface area contributed by atoms with Crippen molar-refractivity contribution in [1.82, 2.24) is 9.96 Å². The molecule has 1 atom stereocenters. The molecule has 0 radical (unpaired) electrons. The third-order valence-electron chi connectivity index (χ3n) is 6.41. The number of aliphatic hydroxyl groups is 1. The van der Waals surface area contributed by atoms with Gasteiger partial charge in [0.05, 0.1) is 20.3 Å². The van der Waals surface area contributed by atoms with Crippen LogP contribution in [-0.2, 0) is 16.1 Å². The third kappa shape index (κ3) is 5.41. The van der Waals surface area contributed by atoms with Crippen LogP contribution in [-0.4, -0.2) is 80.9 Å².